The van der Waals surface area contributed by atoms with E-state index in [-0.39, 0.29) is 35.3 Å². The van der Waals surface area contributed by atoms with Crippen LogP contribution in [0, 0.1) is 0 Å². The number of halogens is 4. The lowest BCUT2D eigenvalue weighted by atomic mass is 10.1. The second kappa shape index (κ2) is 10.7. The molecule has 2 N–H and O–H groups in total. The van der Waals surface area contributed by atoms with E-state index in [1.807, 2.05) is 0 Å². The molecular formula is C22H22ClF3N4O3. The van der Waals surface area contributed by atoms with Gasteiger partial charge in [0.2, 0.25) is 11.8 Å². The van der Waals surface area contributed by atoms with Crippen LogP contribution >= 0.6 is 11.6 Å². The van der Waals surface area contributed by atoms with E-state index in [4.69, 9.17) is 11.6 Å². The maximum absolute atomic E-state index is 13.1. The maximum Gasteiger partial charge on any atom is 0.418 e. The van der Waals surface area contributed by atoms with Gasteiger partial charge in [0.15, 0.2) is 0 Å². The van der Waals surface area contributed by atoms with Crippen LogP contribution in [0.3, 0.4) is 0 Å². The molecule has 1 saturated heterocycles. The molecule has 3 rings (SSSR count). The minimum Gasteiger partial charge on any atom is -0.343 e. The second-order valence-corrected chi connectivity index (χ2v) is 7.82. The van der Waals surface area contributed by atoms with Crippen molar-refractivity contribution < 1.29 is 27.6 Å². The number of rotatable bonds is 6. The Hall–Kier alpha value is -3.11. The summed E-state index contributed by atoms with van der Waals surface area (Å²) in [6, 6.07) is 11.3. The van der Waals surface area contributed by atoms with Gasteiger partial charge in [0.1, 0.15) is 0 Å². The van der Waals surface area contributed by atoms with Crippen molar-refractivity contribution in [2.75, 3.05) is 44.6 Å². The van der Waals surface area contributed by atoms with Gasteiger partial charge < -0.3 is 15.5 Å². The van der Waals surface area contributed by atoms with Crippen molar-refractivity contribution in [2.45, 2.75) is 6.18 Å². The number of hydrogen-bond donors (Lipinski definition) is 2. The molecule has 1 heterocycles. The van der Waals surface area contributed by atoms with Crippen molar-refractivity contribution in [1.29, 1.82) is 0 Å². The summed E-state index contributed by atoms with van der Waals surface area (Å²) in [5, 5.41) is 5.14. The fraction of sp³-hybridized carbons (Fsp3) is 0.318. The Morgan fingerprint density at radius 3 is 2.24 bits per heavy atom. The van der Waals surface area contributed by atoms with E-state index in [0.29, 0.717) is 26.2 Å². The van der Waals surface area contributed by atoms with Gasteiger partial charge in [-0.05, 0) is 24.3 Å². The number of para-hydroxylation sites is 1. The van der Waals surface area contributed by atoms with E-state index in [9.17, 15) is 27.6 Å². The van der Waals surface area contributed by atoms with Gasteiger partial charge >= 0.3 is 6.18 Å². The highest BCUT2D eigenvalue weighted by atomic mass is 35.5. The molecule has 2 aromatic carbocycles. The zero-order valence-corrected chi connectivity index (χ0v) is 18.2. The SMILES string of the molecule is O=C(CN1CCN(C(=O)CNC(=O)c2ccccc2Cl)CC1)Nc1ccccc1C(F)(F)F. The molecule has 11 heteroatoms. The molecule has 3 amide bonds. The molecule has 1 fully saturated rings. The number of benzene rings is 2. The molecule has 0 radical (unpaired) electrons. The number of carbonyl (C=O) groups excluding carboxylic acids is 3. The van der Waals surface area contributed by atoms with Crippen LogP contribution in [0.5, 0.6) is 0 Å². The standard InChI is InChI=1S/C22H22ClF3N4O3/c23-17-7-3-1-5-15(17)21(33)27-13-20(32)30-11-9-29(10-12-30)14-19(31)28-18-8-4-2-6-16(18)22(24,25)26/h1-8H,9-14H2,(H,27,33)(H,28,31). The molecule has 33 heavy (non-hydrogen) atoms. The molecule has 0 spiro atoms. The van der Waals surface area contributed by atoms with Gasteiger partial charge in [0.25, 0.3) is 5.91 Å². The molecule has 2 aromatic rings. The molecule has 0 atom stereocenters. The number of amides is 3. The van der Waals surface area contributed by atoms with Crippen LogP contribution in [0.4, 0.5) is 18.9 Å². The summed E-state index contributed by atoms with van der Waals surface area (Å²) in [5.74, 6) is -1.31. The van der Waals surface area contributed by atoms with Crippen LogP contribution in [-0.2, 0) is 15.8 Å². The summed E-state index contributed by atoms with van der Waals surface area (Å²) in [6.45, 7) is 1.10. The van der Waals surface area contributed by atoms with E-state index in [2.05, 4.69) is 10.6 Å². The Morgan fingerprint density at radius 1 is 0.939 bits per heavy atom. The summed E-state index contributed by atoms with van der Waals surface area (Å²) in [4.78, 5) is 40.1. The van der Waals surface area contributed by atoms with Crippen LogP contribution in [0.25, 0.3) is 0 Å². The maximum atomic E-state index is 13.1. The van der Waals surface area contributed by atoms with Gasteiger partial charge in [-0.15, -0.1) is 0 Å². The van der Waals surface area contributed by atoms with Gasteiger partial charge in [-0.2, -0.15) is 13.2 Å². The summed E-state index contributed by atoms with van der Waals surface area (Å²) >= 11 is 5.97. The number of nitrogens with one attached hydrogen (secondary N) is 2. The zero-order valence-electron chi connectivity index (χ0n) is 17.5. The average Bonchev–Trinajstić information content (AvgIpc) is 2.77. The topological polar surface area (TPSA) is 81.8 Å². The Labute approximate surface area is 193 Å². The monoisotopic (exact) mass is 482 g/mol. The van der Waals surface area contributed by atoms with Crippen molar-refractivity contribution >= 4 is 35.0 Å². The van der Waals surface area contributed by atoms with Crippen molar-refractivity contribution in [2.24, 2.45) is 0 Å². The molecule has 1 aliphatic heterocycles. The van der Waals surface area contributed by atoms with Crippen molar-refractivity contribution in [3.63, 3.8) is 0 Å². The molecule has 0 saturated carbocycles. The third kappa shape index (κ3) is 6.69. The van der Waals surface area contributed by atoms with E-state index < -0.39 is 23.6 Å². The number of hydrogen-bond acceptors (Lipinski definition) is 4. The molecule has 0 unspecified atom stereocenters. The zero-order chi connectivity index (χ0) is 24.0. The minimum atomic E-state index is -4.57. The van der Waals surface area contributed by atoms with Crippen LogP contribution in [0.1, 0.15) is 15.9 Å². The highest BCUT2D eigenvalue weighted by Gasteiger charge is 2.33. The lowest BCUT2D eigenvalue weighted by Crippen LogP contribution is -2.52. The molecule has 176 valence electrons. The van der Waals surface area contributed by atoms with Crippen LogP contribution < -0.4 is 10.6 Å². The number of carbonyl (C=O) groups is 3. The summed E-state index contributed by atoms with van der Waals surface area (Å²) in [5.41, 5.74) is -0.930. The third-order valence-corrected chi connectivity index (χ3v) is 5.45. The van der Waals surface area contributed by atoms with Crippen LogP contribution in [0.15, 0.2) is 48.5 Å². The molecular weight excluding hydrogens is 461 g/mol. The Kier molecular flexibility index (Phi) is 7.93. The normalized spacial score (nSPS) is 14.6. The van der Waals surface area contributed by atoms with Crippen LogP contribution in [-0.4, -0.2) is 66.8 Å². The van der Waals surface area contributed by atoms with E-state index in [1.165, 1.54) is 18.2 Å². The lowest BCUT2D eigenvalue weighted by molar-refractivity contribution is -0.137. The summed E-state index contributed by atoms with van der Waals surface area (Å²) in [6.07, 6.45) is -4.57. The second-order valence-electron chi connectivity index (χ2n) is 7.41. The van der Waals surface area contributed by atoms with Gasteiger partial charge in [0.05, 0.1) is 34.9 Å². The molecule has 0 aliphatic carbocycles. The molecule has 0 aromatic heterocycles. The largest absolute Gasteiger partial charge is 0.418 e. The number of alkyl halides is 3. The van der Waals surface area contributed by atoms with E-state index in [0.717, 1.165) is 6.07 Å². The highest BCUT2D eigenvalue weighted by Crippen LogP contribution is 2.34. The quantitative estimate of drug-likeness (QED) is 0.663. The number of nitrogens with zero attached hydrogens (tertiary/aromatic N) is 2. The predicted molar refractivity (Wildman–Crippen MR) is 117 cm³/mol. The van der Waals surface area contributed by atoms with Crippen LogP contribution in [0.2, 0.25) is 5.02 Å². The van der Waals surface area contributed by atoms with Gasteiger partial charge in [-0.3, -0.25) is 19.3 Å². The van der Waals surface area contributed by atoms with Crippen molar-refractivity contribution in [3.8, 4) is 0 Å². The van der Waals surface area contributed by atoms with E-state index in [1.54, 1.807) is 34.1 Å². The Balaban J connectivity index is 1.44. The van der Waals surface area contributed by atoms with Gasteiger partial charge in [-0.1, -0.05) is 35.9 Å². The van der Waals surface area contributed by atoms with E-state index >= 15 is 0 Å². The first-order valence-corrected chi connectivity index (χ1v) is 10.5. The first-order chi connectivity index (χ1) is 15.6. The smallest absolute Gasteiger partial charge is 0.343 e. The Bertz CT molecular complexity index is 1020. The third-order valence-electron chi connectivity index (χ3n) is 5.12. The summed E-state index contributed by atoms with van der Waals surface area (Å²) < 4.78 is 39.2. The fourth-order valence-electron chi connectivity index (χ4n) is 3.40. The first-order valence-electron chi connectivity index (χ1n) is 10.1. The average molecular weight is 483 g/mol. The molecule has 0 bridgehead atoms. The number of piperazine rings is 1. The molecule has 1 aliphatic rings. The Morgan fingerprint density at radius 2 is 1.58 bits per heavy atom. The number of anilines is 1. The molecule has 7 nitrogen and oxygen atoms in total. The predicted octanol–water partition coefficient (Wildman–Crippen LogP) is 2.87. The minimum absolute atomic E-state index is 0.0997. The summed E-state index contributed by atoms with van der Waals surface area (Å²) in [7, 11) is 0. The lowest BCUT2D eigenvalue weighted by Gasteiger charge is -2.34. The van der Waals surface area contributed by atoms with Crippen molar-refractivity contribution in [1.82, 2.24) is 15.1 Å². The highest BCUT2D eigenvalue weighted by molar-refractivity contribution is 6.33. The van der Waals surface area contributed by atoms with Gasteiger partial charge in [-0.25, -0.2) is 0 Å². The fourth-order valence-corrected chi connectivity index (χ4v) is 3.62. The first kappa shape index (κ1) is 24.5. The van der Waals surface area contributed by atoms with Crippen molar-refractivity contribution in [3.05, 3.63) is 64.7 Å². The van der Waals surface area contributed by atoms with Gasteiger partial charge in [0, 0.05) is 26.2 Å².